The van der Waals surface area contributed by atoms with E-state index < -0.39 is 17.7 Å². The maximum Gasteiger partial charge on any atom is 0.416 e. The molecular formula is C26H30F4N4O2. The molecule has 2 aromatic carbocycles. The van der Waals surface area contributed by atoms with Gasteiger partial charge < -0.3 is 19.9 Å². The number of para-hydroxylation sites is 1. The Labute approximate surface area is 207 Å². The molecule has 1 amide bonds. The summed E-state index contributed by atoms with van der Waals surface area (Å²) < 4.78 is 60.1. The molecule has 6 nitrogen and oxygen atoms in total. The molecule has 36 heavy (non-hydrogen) atoms. The van der Waals surface area contributed by atoms with E-state index in [1.807, 2.05) is 9.80 Å². The molecule has 0 spiro atoms. The molecule has 5 rings (SSSR count). The first kappa shape index (κ1) is 24.8. The number of anilines is 2. The fourth-order valence-electron chi connectivity index (χ4n) is 5.52. The monoisotopic (exact) mass is 506 g/mol. The summed E-state index contributed by atoms with van der Waals surface area (Å²) in [5.74, 6) is -1.07. The lowest BCUT2D eigenvalue weighted by atomic mass is 9.82. The van der Waals surface area contributed by atoms with Crippen LogP contribution >= 0.6 is 0 Å². The van der Waals surface area contributed by atoms with Crippen LogP contribution in [0.3, 0.4) is 0 Å². The number of amides is 1. The number of rotatable bonds is 5. The largest absolute Gasteiger partial charge is 0.416 e. The van der Waals surface area contributed by atoms with Crippen molar-refractivity contribution in [2.45, 2.75) is 18.6 Å². The minimum Gasteiger partial charge on any atom is -0.379 e. The van der Waals surface area contributed by atoms with E-state index in [9.17, 15) is 22.4 Å². The summed E-state index contributed by atoms with van der Waals surface area (Å²) in [4.78, 5) is 19.6. The summed E-state index contributed by atoms with van der Waals surface area (Å²) in [6.07, 6.45) is -4.25. The second kappa shape index (κ2) is 10.3. The van der Waals surface area contributed by atoms with Crippen LogP contribution in [0.5, 0.6) is 0 Å². The van der Waals surface area contributed by atoms with Gasteiger partial charge in [0.2, 0.25) is 5.91 Å². The standard InChI is InChI=1S/C26H30F4N4O2/c27-21-3-1-2-4-23(21)33-9-10-34-22-6-5-19(26(28,29)30)15-18(22)16-20(24(34)17-33)25(35)31-7-8-32-11-13-36-14-12-32/h1-6,15,20,24H,7-14,16-17H2,(H,31,35)/t20-,24+/m0/s1. The predicted octanol–water partition coefficient (Wildman–Crippen LogP) is 3.16. The van der Waals surface area contributed by atoms with E-state index in [1.165, 1.54) is 18.2 Å². The number of nitrogens with one attached hydrogen (secondary N) is 1. The number of piperazine rings is 1. The Balaban J connectivity index is 1.38. The Kier molecular flexibility index (Phi) is 7.07. The summed E-state index contributed by atoms with van der Waals surface area (Å²) in [7, 11) is 0. The first-order valence-electron chi connectivity index (χ1n) is 12.4. The van der Waals surface area contributed by atoms with E-state index in [0.29, 0.717) is 57.2 Å². The van der Waals surface area contributed by atoms with Gasteiger partial charge in [0.25, 0.3) is 0 Å². The van der Waals surface area contributed by atoms with Crippen LogP contribution in [-0.2, 0) is 22.1 Å². The van der Waals surface area contributed by atoms with Crippen LogP contribution < -0.4 is 15.1 Å². The molecule has 2 saturated heterocycles. The summed E-state index contributed by atoms with van der Waals surface area (Å²) in [6.45, 7) is 5.47. The van der Waals surface area contributed by atoms with Crippen molar-refractivity contribution in [1.29, 1.82) is 0 Å². The lowest BCUT2D eigenvalue weighted by molar-refractivity contribution is -0.137. The first-order chi connectivity index (χ1) is 17.3. The average Bonchev–Trinajstić information content (AvgIpc) is 2.88. The molecule has 0 aliphatic carbocycles. The lowest BCUT2D eigenvalue weighted by Crippen LogP contribution is -2.61. The average molecular weight is 507 g/mol. The van der Waals surface area contributed by atoms with Crippen molar-refractivity contribution in [3.8, 4) is 0 Å². The third-order valence-corrected chi connectivity index (χ3v) is 7.40. The van der Waals surface area contributed by atoms with E-state index in [-0.39, 0.29) is 24.2 Å². The SMILES string of the molecule is O=C(NCCN1CCOCC1)[C@H]1Cc2cc(C(F)(F)F)ccc2N2CCN(c3ccccc3F)C[C@H]12. The maximum atomic E-state index is 14.5. The minimum atomic E-state index is -4.45. The van der Waals surface area contributed by atoms with Crippen molar-refractivity contribution in [3.05, 3.63) is 59.4 Å². The molecule has 0 radical (unpaired) electrons. The highest BCUT2D eigenvalue weighted by Gasteiger charge is 2.43. The number of benzene rings is 2. The maximum absolute atomic E-state index is 14.5. The normalized spacial score (nSPS) is 22.7. The zero-order valence-electron chi connectivity index (χ0n) is 19.9. The van der Waals surface area contributed by atoms with Crippen LogP contribution in [0, 0.1) is 11.7 Å². The van der Waals surface area contributed by atoms with Gasteiger partial charge in [-0.2, -0.15) is 13.2 Å². The number of morpholine rings is 1. The molecule has 194 valence electrons. The van der Waals surface area contributed by atoms with Crippen LogP contribution in [0.2, 0.25) is 0 Å². The smallest absolute Gasteiger partial charge is 0.379 e. The van der Waals surface area contributed by atoms with Crippen molar-refractivity contribution in [3.63, 3.8) is 0 Å². The van der Waals surface area contributed by atoms with E-state index >= 15 is 0 Å². The molecule has 3 aliphatic rings. The second-order valence-electron chi connectivity index (χ2n) is 9.56. The zero-order valence-corrected chi connectivity index (χ0v) is 19.9. The molecule has 2 fully saturated rings. The van der Waals surface area contributed by atoms with Gasteiger partial charge in [0, 0.05) is 51.5 Å². The van der Waals surface area contributed by atoms with E-state index in [0.717, 1.165) is 24.8 Å². The summed E-state index contributed by atoms with van der Waals surface area (Å²) in [5, 5.41) is 3.01. The fourth-order valence-corrected chi connectivity index (χ4v) is 5.52. The number of carbonyl (C=O) groups excluding carboxylic acids is 1. The van der Waals surface area contributed by atoms with Crippen molar-refractivity contribution in [1.82, 2.24) is 10.2 Å². The minimum absolute atomic E-state index is 0.184. The van der Waals surface area contributed by atoms with E-state index in [4.69, 9.17) is 4.74 Å². The van der Waals surface area contributed by atoms with Crippen LogP contribution in [0.15, 0.2) is 42.5 Å². The molecule has 1 N–H and O–H groups in total. The molecule has 2 aromatic rings. The van der Waals surface area contributed by atoms with Crippen molar-refractivity contribution in [2.24, 2.45) is 5.92 Å². The summed E-state index contributed by atoms with van der Waals surface area (Å²) in [5.41, 5.74) is 1.00. The highest BCUT2D eigenvalue weighted by atomic mass is 19.4. The van der Waals surface area contributed by atoms with Gasteiger partial charge >= 0.3 is 6.18 Å². The Morgan fingerprint density at radius 1 is 1.03 bits per heavy atom. The highest BCUT2D eigenvalue weighted by Crippen LogP contribution is 2.40. The van der Waals surface area contributed by atoms with Crippen molar-refractivity contribution < 1.29 is 27.1 Å². The molecular weight excluding hydrogens is 476 g/mol. The van der Waals surface area contributed by atoms with Gasteiger partial charge in [-0.15, -0.1) is 0 Å². The quantitative estimate of drug-likeness (QED) is 0.632. The zero-order chi connectivity index (χ0) is 25.3. The van der Waals surface area contributed by atoms with Gasteiger partial charge in [0.1, 0.15) is 5.82 Å². The van der Waals surface area contributed by atoms with Gasteiger partial charge in [-0.1, -0.05) is 12.1 Å². The lowest BCUT2D eigenvalue weighted by Gasteiger charge is -2.49. The van der Waals surface area contributed by atoms with Crippen LogP contribution in [0.1, 0.15) is 11.1 Å². The van der Waals surface area contributed by atoms with Crippen LogP contribution in [0.25, 0.3) is 0 Å². The van der Waals surface area contributed by atoms with Crippen molar-refractivity contribution in [2.75, 3.05) is 68.8 Å². The molecule has 0 saturated carbocycles. The molecule has 10 heteroatoms. The first-order valence-corrected chi connectivity index (χ1v) is 12.4. The Morgan fingerprint density at radius 2 is 1.81 bits per heavy atom. The second-order valence-corrected chi connectivity index (χ2v) is 9.56. The number of hydrogen-bond donors (Lipinski definition) is 1. The van der Waals surface area contributed by atoms with Crippen LogP contribution in [0.4, 0.5) is 28.9 Å². The third-order valence-electron chi connectivity index (χ3n) is 7.40. The molecule has 0 unspecified atom stereocenters. The number of alkyl halides is 3. The topological polar surface area (TPSA) is 48.1 Å². The molecule has 3 aliphatic heterocycles. The van der Waals surface area contributed by atoms with Crippen molar-refractivity contribution >= 4 is 17.3 Å². The van der Waals surface area contributed by atoms with Gasteiger partial charge in [0.05, 0.1) is 36.4 Å². The number of halogens is 4. The number of carbonyl (C=O) groups is 1. The van der Waals surface area contributed by atoms with E-state index in [2.05, 4.69) is 10.2 Å². The summed E-state index contributed by atoms with van der Waals surface area (Å²) >= 11 is 0. The molecule has 3 heterocycles. The fraction of sp³-hybridized carbons (Fsp3) is 0.500. The van der Waals surface area contributed by atoms with Gasteiger partial charge in [-0.05, 0) is 42.3 Å². The number of ether oxygens (including phenoxy) is 1. The number of hydrogen-bond acceptors (Lipinski definition) is 5. The number of fused-ring (bicyclic) bond motifs is 3. The van der Waals surface area contributed by atoms with Gasteiger partial charge in [-0.3, -0.25) is 9.69 Å². The Bertz CT molecular complexity index is 1090. The molecule has 0 bridgehead atoms. The van der Waals surface area contributed by atoms with E-state index in [1.54, 1.807) is 18.2 Å². The number of nitrogens with zero attached hydrogens (tertiary/aromatic N) is 3. The highest BCUT2D eigenvalue weighted by molar-refractivity contribution is 5.82. The van der Waals surface area contributed by atoms with Gasteiger partial charge in [0.15, 0.2) is 0 Å². The summed E-state index contributed by atoms with van der Waals surface area (Å²) in [6, 6.07) is 10.0. The Hall–Kier alpha value is -2.85. The molecule has 2 atom stereocenters. The van der Waals surface area contributed by atoms with Crippen LogP contribution in [-0.4, -0.2) is 75.9 Å². The predicted molar refractivity (Wildman–Crippen MR) is 129 cm³/mol. The Morgan fingerprint density at radius 3 is 2.56 bits per heavy atom. The third kappa shape index (κ3) is 5.15. The molecule has 0 aromatic heterocycles. The van der Waals surface area contributed by atoms with Gasteiger partial charge in [-0.25, -0.2) is 4.39 Å².